The van der Waals surface area contributed by atoms with Gasteiger partial charge < -0.3 is 9.84 Å². The summed E-state index contributed by atoms with van der Waals surface area (Å²) < 4.78 is 5.04. The highest BCUT2D eigenvalue weighted by atomic mass is 35.5. The number of amides is 1. The molecule has 1 amide bonds. The number of carbonyl (C=O) groups is 1. The Kier molecular flexibility index (Phi) is 4.24. The maximum atomic E-state index is 12.4. The third kappa shape index (κ3) is 3.16. The normalized spacial score (nSPS) is 12.3. The summed E-state index contributed by atoms with van der Waals surface area (Å²) in [5.74, 6) is -0.251. The topological polar surface area (TPSA) is 68.0 Å². The average molecular weight is 350 g/mol. The van der Waals surface area contributed by atoms with Crippen LogP contribution in [0.1, 0.15) is 34.6 Å². The van der Waals surface area contributed by atoms with Gasteiger partial charge in [0.1, 0.15) is 0 Å². The SMILES string of the molecule is Cc1noc2ncc(C(=O)NC(C)c3ccc(Cl)cc3Cl)cc12. The Bertz CT molecular complexity index is 892. The van der Waals surface area contributed by atoms with Gasteiger partial charge in [-0.3, -0.25) is 4.79 Å². The highest BCUT2D eigenvalue weighted by Crippen LogP contribution is 2.26. The molecule has 3 rings (SSSR count). The lowest BCUT2D eigenvalue weighted by molar-refractivity contribution is 0.0939. The van der Waals surface area contributed by atoms with E-state index in [-0.39, 0.29) is 11.9 Å². The summed E-state index contributed by atoms with van der Waals surface area (Å²) in [5.41, 5.74) is 2.32. The van der Waals surface area contributed by atoms with Crippen molar-refractivity contribution < 1.29 is 9.32 Å². The zero-order valence-corrected chi connectivity index (χ0v) is 13.9. The van der Waals surface area contributed by atoms with Crippen LogP contribution in [0, 0.1) is 6.92 Å². The van der Waals surface area contributed by atoms with E-state index in [9.17, 15) is 4.79 Å². The van der Waals surface area contributed by atoms with Crippen LogP contribution in [-0.2, 0) is 0 Å². The zero-order valence-electron chi connectivity index (χ0n) is 12.4. The minimum atomic E-state index is -0.272. The van der Waals surface area contributed by atoms with E-state index in [4.69, 9.17) is 27.7 Å². The van der Waals surface area contributed by atoms with Crippen LogP contribution in [0.2, 0.25) is 10.0 Å². The smallest absolute Gasteiger partial charge is 0.257 e. The highest BCUT2D eigenvalue weighted by Gasteiger charge is 2.16. The zero-order chi connectivity index (χ0) is 16.6. The van der Waals surface area contributed by atoms with Crippen LogP contribution < -0.4 is 5.32 Å². The number of aryl methyl sites for hydroxylation is 1. The van der Waals surface area contributed by atoms with Gasteiger partial charge in [-0.05, 0) is 37.6 Å². The van der Waals surface area contributed by atoms with Gasteiger partial charge in [0.2, 0.25) is 0 Å². The third-order valence-corrected chi connectivity index (χ3v) is 4.11. The van der Waals surface area contributed by atoms with Crippen molar-refractivity contribution >= 4 is 40.2 Å². The quantitative estimate of drug-likeness (QED) is 0.763. The highest BCUT2D eigenvalue weighted by molar-refractivity contribution is 6.35. The molecule has 1 atom stereocenters. The van der Waals surface area contributed by atoms with Crippen molar-refractivity contribution in [3.8, 4) is 0 Å². The van der Waals surface area contributed by atoms with Crippen molar-refractivity contribution in [2.75, 3.05) is 0 Å². The fraction of sp³-hybridized carbons (Fsp3) is 0.188. The number of benzene rings is 1. The molecule has 2 heterocycles. The second-order valence-electron chi connectivity index (χ2n) is 5.21. The Morgan fingerprint density at radius 3 is 2.83 bits per heavy atom. The molecular weight excluding hydrogens is 337 g/mol. The number of hydrogen-bond acceptors (Lipinski definition) is 4. The van der Waals surface area contributed by atoms with Crippen molar-refractivity contribution in [3.05, 3.63) is 57.3 Å². The average Bonchev–Trinajstić information content (AvgIpc) is 2.88. The van der Waals surface area contributed by atoms with Crippen molar-refractivity contribution in [1.82, 2.24) is 15.5 Å². The molecule has 2 aromatic heterocycles. The van der Waals surface area contributed by atoms with Gasteiger partial charge >= 0.3 is 0 Å². The van der Waals surface area contributed by atoms with Crippen LogP contribution in [0.25, 0.3) is 11.1 Å². The maximum absolute atomic E-state index is 12.4. The summed E-state index contributed by atoms with van der Waals surface area (Å²) in [6.45, 7) is 3.65. The Morgan fingerprint density at radius 1 is 1.30 bits per heavy atom. The molecule has 0 radical (unpaired) electrons. The molecule has 0 saturated carbocycles. The number of rotatable bonds is 3. The number of halogens is 2. The molecule has 0 saturated heterocycles. The van der Waals surface area contributed by atoms with E-state index in [1.54, 1.807) is 31.2 Å². The Labute approximate surface area is 142 Å². The summed E-state index contributed by atoms with van der Waals surface area (Å²) in [5, 5.41) is 8.49. The first-order chi connectivity index (χ1) is 11.0. The van der Waals surface area contributed by atoms with Crippen molar-refractivity contribution in [2.24, 2.45) is 0 Å². The van der Waals surface area contributed by atoms with Crippen LogP contribution in [-0.4, -0.2) is 16.0 Å². The summed E-state index contributed by atoms with van der Waals surface area (Å²) in [6.07, 6.45) is 1.46. The molecule has 23 heavy (non-hydrogen) atoms. The summed E-state index contributed by atoms with van der Waals surface area (Å²) >= 11 is 12.1. The predicted octanol–water partition coefficient (Wildman–Crippen LogP) is 4.33. The number of nitrogens with zero attached hydrogens (tertiary/aromatic N) is 2. The van der Waals surface area contributed by atoms with E-state index in [2.05, 4.69) is 15.5 Å². The molecule has 5 nitrogen and oxygen atoms in total. The van der Waals surface area contributed by atoms with Crippen LogP contribution >= 0.6 is 23.2 Å². The molecular formula is C16H13Cl2N3O2. The van der Waals surface area contributed by atoms with Crippen LogP contribution in [0.5, 0.6) is 0 Å². The van der Waals surface area contributed by atoms with Gasteiger partial charge in [0.25, 0.3) is 11.6 Å². The second kappa shape index (κ2) is 6.18. The van der Waals surface area contributed by atoms with Crippen LogP contribution in [0.3, 0.4) is 0 Å². The van der Waals surface area contributed by atoms with Gasteiger partial charge in [-0.25, -0.2) is 4.98 Å². The molecule has 7 heteroatoms. The van der Waals surface area contributed by atoms with E-state index in [1.807, 2.05) is 6.92 Å². The van der Waals surface area contributed by atoms with Crippen LogP contribution in [0.4, 0.5) is 0 Å². The lowest BCUT2D eigenvalue weighted by atomic mass is 10.1. The van der Waals surface area contributed by atoms with E-state index in [0.717, 1.165) is 10.9 Å². The van der Waals surface area contributed by atoms with Gasteiger partial charge in [-0.2, -0.15) is 0 Å². The molecule has 0 aliphatic heterocycles. The largest absolute Gasteiger partial charge is 0.345 e. The lowest BCUT2D eigenvalue weighted by Gasteiger charge is -2.16. The third-order valence-electron chi connectivity index (χ3n) is 3.55. The molecule has 3 aromatic rings. The van der Waals surface area contributed by atoms with E-state index >= 15 is 0 Å². The molecule has 0 fully saturated rings. The maximum Gasteiger partial charge on any atom is 0.257 e. The number of aromatic nitrogens is 2. The van der Waals surface area contributed by atoms with Gasteiger partial charge in [0, 0.05) is 16.2 Å². The Hall–Kier alpha value is -2.11. The minimum Gasteiger partial charge on any atom is -0.345 e. The van der Waals surface area contributed by atoms with Gasteiger partial charge in [-0.15, -0.1) is 0 Å². The second-order valence-corrected chi connectivity index (χ2v) is 6.05. The number of pyridine rings is 1. The number of hydrogen-bond donors (Lipinski definition) is 1. The Balaban J connectivity index is 1.83. The van der Waals surface area contributed by atoms with Crippen LogP contribution in [0.15, 0.2) is 35.0 Å². The number of carbonyl (C=O) groups excluding carboxylic acids is 1. The standard InChI is InChI=1S/C16H13Cl2N3O2/c1-8(12-4-3-11(17)6-14(12)18)20-15(22)10-5-13-9(2)21-23-16(13)19-7-10/h3-8H,1-2H3,(H,20,22). The van der Waals surface area contributed by atoms with Crippen molar-refractivity contribution in [1.29, 1.82) is 0 Å². The minimum absolute atomic E-state index is 0.251. The van der Waals surface area contributed by atoms with Gasteiger partial charge in [0.05, 0.1) is 22.7 Å². The van der Waals surface area contributed by atoms with E-state index in [1.165, 1.54) is 6.20 Å². The van der Waals surface area contributed by atoms with E-state index < -0.39 is 0 Å². The fourth-order valence-electron chi connectivity index (χ4n) is 2.28. The summed E-state index contributed by atoms with van der Waals surface area (Å²) in [4.78, 5) is 16.5. The molecule has 0 aliphatic rings. The summed E-state index contributed by atoms with van der Waals surface area (Å²) in [7, 11) is 0. The predicted molar refractivity (Wildman–Crippen MR) is 88.9 cm³/mol. The molecule has 1 N–H and O–H groups in total. The first kappa shape index (κ1) is 15.8. The summed E-state index contributed by atoms with van der Waals surface area (Å²) in [6, 6.07) is 6.61. The molecule has 1 unspecified atom stereocenters. The van der Waals surface area contributed by atoms with E-state index in [0.29, 0.717) is 27.0 Å². The van der Waals surface area contributed by atoms with Crippen molar-refractivity contribution in [2.45, 2.75) is 19.9 Å². The number of nitrogens with one attached hydrogen (secondary N) is 1. The lowest BCUT2D eigenvalue weighted by Crippen LogP contribution is -2.26. The fourth-order valence-corrected chi connectivity index (χ4v) is 2.85. The number of fused-ring (bicyclic) bond motifs is 1. The molecule has 118 valence electrons. The first-order valence-electron chi connectivity index (χ1n) is 6.93. The first-order valence-corrected chi connectivity index (χ1v) is 7.69. The molecule has 1 aromatic carbocycles. The van der Waals surface area contributed by atoms with Gasteiger partial charge in [0.15, 0.2) is 0 Å². The molecule has 0 bridgehead atoms. The monoisotopic (exact) mass is 349 g/mol. The molecule has 0 aliphatic carbocycles. The Morgan fingerprint density at radius 2 is 2.09 bits per heavy atom. The molecule has 0 spiro atoms. The van der Waals surface area contributed by atoms with Gasteiger partial charge in [-0.1, -0.05) is 34.4 Å². The van der Waals surface area contributed by atoms with Crippen molar-refractivity contribution in [3.63, 3.8) is 0 Å².